The second-order valence-corrected chi connectivity index (χ2v) is 5.03. The summed E-state index contributed by atoms with van der Waals surface area (Å²) in [5.41, 5.74) is 1.10. The Morgan fingerprint density at radius 1 is 0.619 bits per heavy atom. The van der Waals surface area contributed by atoms with Gasteiger partial charge in [0, 0.05) is 34.4 Å². The predicted octanol–water partition coefficient (Wildman–Crippen LogP) is 3.66. The van der Waals surface area contributed by atoms with E-state index in [4.69, 9.17) is 0 Å². The zero-order chi connectivity index (χ0) is 14.6. The van der Waals surface area contributed by atoms with Crippen LogP contribution in [0.1, 0.15) is 0 Å². The SMILES string of the molecule is Oc1cc(O)c2cc3c(cc(O)c4ccccc43)nc2c1. The van der Waals surface area contributed by atoms with Gasteiger partial charge in [0.05, 0.1) is 11.0 Å². The molecule has 0 fully saturated rings. The van der Waals surface area contributed by atoms with Gasteiger partial charge in [0.15, 0.2) is 0 Å². The average molecular weight is 277 g/mol. The number of hydrogen-bond acceptors (Lipinski definition) is 4. The Balaban J connectivity index is 2.26. The highest BCUT2D eigenvalue weighted by atomic mass is 16.3. The van der Waals surface area contributed by atoms with Gasteiger partial charge in [-0.2, -0.15) is 0 Å². The number of hydrogen-bond donors (Lipinski definition) is 3. The molecule has 1 aromatic heterocycles. The first-order chi connectivity index (χ1) is 10.1. The van der Waals surface area contributed by atoms with Crippen molar-refractivity contribution in [3.8, 4) is 17.2 Å². The molecule has 0 saturated heterocycles. The minimum absolute atomic E-state index is 0.0171. The van der Waals surface area contributed by atoms with E-state index in [-0.39, 0.29) is 17.2 Å². The third-order valence-electron chi connectivity index (χ3n) is 3.69. The number of benzene rings is 3. The Bertz CT molecular complexity index is 1020. The summed E-state index contributed by atoms with van der Waals surface area (Å²) in [7, 11) is 0. The topological polar surface area (TPSA) is 73.6 Å². The highest BCUT2D eigenvalue weighted by Crippen LogP contribution is 2.36. The van der Waals surface area contributed by atoms with E-state index in [2.05, 4.69) is 4.98 Å². The van der Waals surface area contributed by atoms with Crippen LogP contribution in [0.2, 0.25) is 0 Å². The van der Waals surface area contributed by atoms with Crippen LogP contribution in [0, 0.1) is 0 Å². The van der Waals surface area contributed by atoms with E-state index >= 15 is 0 Å². The largest absolute Gasteiger partial charge is 0.508 e. The molecule has 0 saturated carbocycles. The molecule has 4 heteroatoms. The molecule has 3 aromatic carbocycles. The molecule has 0 aliphatic carbocycles. The summed E-state index contributed by atoms with van der Waals surface area (Å²) < 4.78 is 0. The molecule has 4 nitrogen and oxygen atoms in total. The van der Waals surface area contributed by atoms with Crippen LogP contribution >= 0.6 is 0 Å². The highest BCUT2D eigenvalue weighted by molar-refractivity contribution is 6.12. The van der Waals surface area contributed by atoms with Crippen molar-refractivity contribution in [1.29, 1.82) is 0 Å². The Morgan fingerprint density at radius 3 is 2.10 bits per heavy atom. The third-order valence-corrected chi connectivity index (χ3v) is 3.69. The van der Waals surface area contributed by atoms with Crippen molar-refractivity contribution in [2.75, 3.05) is 0 Å². The minimum atomic E-state index is -0.0446. The van der Waals surface area contributed by atoms with Gasteiger partial charge in [-0.15, -0.1) is 0 Å². The maximum atomic E-state index is 10.1. The van der Waals surface area contributed by atoms with Gasteiger partial charge in [-0.1, -0.05) is 24.3 Å². The van der Waals surface area contributed by atoms with Gasteiger partial charge in [-0.3, -0.25) is 0 Å². The summed E-state index contributed by atoms with van der Waals surface area (Å²) in [4.78, 5) is 4.43. The van der Waals surface area contributed by atoms with Crippen LogP contribution in [-0.4, -0.2) is 20.3 Å². The second kappa shape index (κ2) is 3.99. The molecule has 3 N–H and O–H groups in total. The maximum absolute atomic E-state index is 10.1. The Hall–Kier alpha value is -3.01. The molecular formula is C17H11NO3. The van der Waals surface area contributed by atoms with E-state index in [0.717, 1.165) is 16.2 Å². The van der Waals surface area contributed by atoms with Crippen LogP contribution in [-0.2, 0) is 0 Å². The van der Waals surface area contributed by atoms with E-state index in [1.54, 1.807) is 6.07 Å². The van der Waals surface area contributed by atoms with Gasteiger partial charge in [0.2, 0.25) is 0 Å². The zero-order valence-corrected chi connectivity index (χ0v) is 10.9. The van der Waals surface area contributed by atoms with E-state index < -0.39 is 0 Å². The van der Waals surface area contributed by atoms with Crippen LogP contribution in [0.25, 0.3) is 32.6 Å². The molecule has 4 rings (SSSR count). The first-order valence-corrected chi connectivity index (χ1v) is 6.50. The van der Waals surface area contributed by atoms with E-state index in [0.29, 0.717) is 16.4 Å². The first kappa shape index (κ1) is 11.8. The van der Waals surface area contributed by atoms with Crippen LogP contribution in [0.5, 0.6) is 17.2 Å². The fourth-order valence-electron chi connectivity index (χ4n) is 2.73. The third kappa shape index (κ3) is 1.66. The molecule has 1 heterocycles. The van der Waals surface area contributed by atoms with Crippen molar-refractivity contribution in [2.45, 2.75) is 0 Å². The fourth-order valence-corrected chi connectivity index (χ4v) is 2.73. The Morgan fingerprint density at radius 2 is 1.29 bits per heavy atom. The van der Waals surface area contributed by atoms with E-state index in [1.165, 1.54) is 12.1 Å². The highest BCUT2D eigenvalue weighted by Gasteiger charge is 2.10. The van der Waals surface area contributed by atoms with Gasteiger partial charge in [0.25, 0.3) is 0 Å². The molecule has 0 aliphatic heterocycles. The van der Waals surface area contributed by atoms with Gasteiger partial charge < -0.3 is 15.3 Å². The van der Waals surface area contributed by atoms with Crippen molar-refractivity contribution < 1.29 is 15.3 Å². The molecule has 4 aromatic rings. The summed E-state index contributed by atoms with van der Waals surface area (Å²) in [6, 6.07) is 13.7. The summed E-state index contributed by atoms with van der Waals surface area (Å²) in [5.74, 6) is 0.0998. The lowest BCUT2D eigenvalue weighted by molar-refractivity contribution is 0.455. The Labute approximate surface area is 119 Å². The summed E-state index contributed by atoms with van der Waals surface area (Å²) in [6.07, 6.45) is 0. The summed E-state index contributed by atoms with van der Waals surface area (Å²) in [6.45, 7) is 0. The first-order valence-electron chi connectivity index (χ1n) is 6.50. The summed E-state index contributed by atoms with van der Waals surface area (Å²) >= 11 is 0. The van der Waals surface area contributed by atoms with E-state index in [1.807, 2.05) is 30.3 Å². The molecule has 0 unspecified atom stereocenters. The van der Waals surface area contributed by atoms with Gasteiger partial charge in [0.1, 0.15) is 17.2 Å². The smallest absolute Gasteiger partial charge is 0.128 e. The van der Waals surface area contributed by atoms with Crippen molar-refractivity contribution in [3.05, 3.63) is 48.5 Å². The maximum Gasteiger partial charge on any atom is 0.128 e. The van der Waals surface area contributed by atoms with Crippen LogP contribution < -0.4 is 0 Å². The number of fused-ring (bicyclic) bond motifs is 4. The van der Waals surface area contributed by atoms with Crippen molar-refractivity contribution in [3.63, 3.8) is 0 Å². The number of nitrogens with zero attached hydrogens (tertiary/aromatic N) is 1. The lowest BCUT2D eigenvalue weighted by atomic mass is 10.0. The number of phenols is 3. The summed E-state index contributed by atoms with van der Waals surface area (Å²) in [5, 5.41) is 32.7. The average Bonchev–Trinajstić information content (AvgIpc) is 2.46. The molecule has 0 amide bonds. The Kier molecular flexibility index (Phi) is 2.24. The quantitative estimate of drug-likeness (QED) is 0.339. The van der Waals surface area contributed by atoms with Crippen LogP contribution in [0.15, 0.2) is 48.5 Å². The molecule has 0 spiro atoms. The minimum Gasteiger partial charge on any atom is -0.508 e. The molecule has 102 valence electrons. The molecule has 0 atom stereocenters. The molecular weight excluding hydrogens is 266 g/mol. The molecule has 0 radical (unpaired) electrons. The number of pyridine rings is 1. The number of phenolic OH excluding ortho intramolecular Hbond substituents is 3. The van der Waals surface area contributed by atoms with Crippen molar-refractivity contribution in [2.24, 2.45) is 0 Å². The predicted molar refractivity (Wildman–Crippen MR) is 81.7 cm³/mol. The van der Waals surface area contributed by atoms with Gasteiger partial charge in [-0.25, -0.2) is 4.98 Å². The lowest BCUT2D eigenvalue weighted by Crippen LogP contribution is -1.86. The zero-order valence-electron chi connectivity index (χ0n) is 10.9. The number of aromatic hydroxyl groups is 3. The number of rotatable bonds is 0. The van der Waals surface area contributed by atoms with Gasteiger partial charge >= 0.3 is 0 Å². The van der Waals surface area contributed by atoms with Crippen molar-refractivity contribution >= 4 is 32.6 Å². The monoisotopic (exact) mass is 277 g/mol. The normalized spacial score (nSPS) is 11.4. The molecule has 0 aliphatic rings. The van der Waals surface area contributed by atoms with Crippen LogP contribution in [0.3, 0.4) is 0 Å². The molecule has 0 bridgehead atoms. The second-order valence-electron chi connectivity index (χ2n) is 5.03. The van der Waals surface area contributed by atoms with Gasteiger partial charge in [-0.05, 0) is 11.5 Å². The number of aromatic nitrogens is 1. The van der Waals surface area contributed by atoms with Crippen LogP contribution in [0.4, 0.5) is 0 Å². The standard InChI is InChI=1S/C17H11NO3/c19-9-5-14-13(16(20)6-9)7-12-10-3-1-2-4-11(10)17(21)8-15(12)18-14/h1-8,19-21H. The van der Waals surface area contributed by atoms with E-state index in [9.17, 15) is 15.3 Å². The molecule has 21 heavy (non-hydrogen) atoms. The fraction of sp³-hybridized carbons (Fsp3) is 0. The lowest BCUT2D eigenvalue weighted by Gasteiger charge is -2.08. The van der Waals surface area contributed by atoms with Crippen molar-refractivity contribution in [1.82, 2.24) is 4.98 Å².